The normalized spacial score (nSPS) is 12.5. The molecule has 1 N–H and O–H groups in total. The van der Waals surface area contributed by atoms with Gasteiger partial charge in [0.1, 0.15) is 5.82 Å². The van der Waals surface area contributed by atoms with Crippen LogP contribution in [-0.2, 0) is 0 Å². The van der Waals surface area contributed by atoms with Gasteiger partial charge in [-0.2, -0.15) is 9.78 Å². The zero-order valence-electron chi connectivity index (χ0n) is 16.1. The first kappa shape index (κ1) is 17.7. The number of hydrogen-bond donors (Lipinski definition) is 1. The Hall–Kier alpha value is -3.39. The molecule has 0 fully saturated rings. The minimum atomic E-state index is -0.175. The van der Waals surface area contributed by atoms with E-state index in [0.29, 0.717) is 28.0 Å². The van der Waals surface area contributed by atoms with Gasteiger partial charge in [-0.1, -0.05) is 29.0 Å². The van der Waals surface area contributed by atoms with E-state index in [9.17, 15) is 4.79 Å². The third-order valence-electron chi connectivity index (χ3n) is 4.75. The van der Waals surface area contributed by atoms with Crippen molar-refractivity contribution in [2.45, 2.75) is 20.8 Å². The lowest BCUT2D eigenvalue weighted by Gasteiger charge is -2.09. The number of hydrogen-bond acceptors (Lipinski definition) is 6. The predicted octanol–water partition coefficient (Wildman–Crippen LogP) is 4.39. The van der Waals surface area contributed by atoms with Gasteiger partial charge in [0.25, 0.3) is 5.91 Å². The molecular formula is C21H18N4O3S. The van der Waals surface area contributed by atoms with Crippen molar-refractivity contribution in [1.82, 2.24) is 14.8 Å². The van der Waals surface area contributed by atoms with Crippen molar-refractivity contribution >= 4 is 33.3 Å². The highest BCUT2D eigenvalue weighted by atomic mass is 32.1. The zero-order chi connectivity index (χ0) is 20.1. The van der Waals surface area contributed by atoms with Crippen LogP contribution in [-0.4, -0.2) is 27.5 Å². The lowest BCUT2D eigenvalue weighted by atomic mass is 10.1. The number of fused-ring (bicyclic) bond motifs is 2. The van der Waals surface area contributed by atoms with Crippen LogP contribution in [0.15, 0.2) is 36.4 Å². The van der Waals surface area contributed by atoms with Gasteiger partial charge in [-0.05, 0) is 32.4 Å². The van der Waals surface area contributed by atoms with E-state index in [4.69, 9.17) is 9.47 Å². The molecule has 0 bridgehead atoms. The first-order valence-electron chi connectivity index (χ1n) is 9.14. The average molecular weight is 406 g/mol. The number of nitrogens with zero attached hydrogens (tertiary/aromatic N) is 3. The fourth-order valence-corrected chi connectivity index (χ4v) is 4.32. The molecule has 146 valence electrons. The molecule has 29 heavy (non-hydrogen) atoms. The summed E-state index contributed by atoms with van der Waals surface area (Å²) >= 11 is 1.47. The van der Waals surface area contributed by atoms with Gasteiger partial charge in [0, 0.05) is 23.8 Å². The fraction of sp³-hybridized carbons (Fsp3) is 0.190. The topological polar surface area (TPSA) is 78.3 Å². The lowest BCUT2D eigenvalue weighted by Crippen LogP contribution is -2.16. The number of ether oxygens (including phenoxy) is 2. The maximum atomic E-state index is 12.8. The molecule has 1 aliphatic heterocycles. The smallest absolute Gasteiger partial charge is 0.257 e. The Morgan fingerprint density at radius 3 is 2.69 bits per heavy atom. The van der Waals surface area contributed by atoms with Gasteiger partial charge >= 0.3 is 0 Å². The number of carbonyl (C=O) groups is 1. The summed E-state index contributed by atoms with van der Waals surface area (Å²) in [5.74, 6) is 1.80. The highest BCUT2D eigenvalue weighted by molar-refractivity contribution is 7.20. The molecule has 1 amide bonds. The van der Waals surface area contributed by atoms with E-state index in [1.165, 1.54) is 11.3 Å². The number of carbonyl (C=O) groups excluding carboxylic acids is 1. The molecule has 5 rings (SSSR count). The van der Waals surface area contributed by atoms with Gasteiger partial charge in [0.05, 0.1) is 15.9 Å². The van der Waals surface area contributed by atoms with Crippen LogP contribution in [0, 0.1) is 20.8 Å². The van der Waals surface area contributed by atoms with Crippen molar-refractivity contribution in [3.8, 4) is 16.6 Å². The van der Waals surface area contributed by atoms with Crippen LogP contribution >= 0.6 is 11.3 Å². The molecule has 0 spiro atoms. The Morgan fingerprint density at radius 1 is 1.10 bits per heavy atom. The molecule has 7 nitrogen and oxygen atoms in total. The molecule has 0 atom stereocenters. The Labute approximate surface area is 170 Å². The van der Waals surface area contributed by atoms with Gasteiger partial charge in [-0.25, -0.2) is 4.98 Å². The molecule has 4 aromatic rings. The second kappa shape index (κ2) is 6.59. The Kier molecular flexibility index (Phi) is 4.02. The maximum Gasteiger partial charge on any atom is 0.257 e. The summed E-state index contributed by atoms with van der Waals surface area (Å²) in [6.07, 6.45) is 0. The number of nitrogens with one attached hydrogen (secondary N) is 1. The number of aromatic nitrogens is 3. The minimum absolute atomic E-state index is 0.175. The third-order valence-corrected chi connectivity index (χ3v) is 5.75. The van der Waals surface area contributed by atoms with Crippen LogP contribution in [0.25, 0.3) is 15.3 Å². The molecule has 2 aromatic carbocycles. The zero-order valence-corrected chi connectivity index (χ0v) is 17.0. The molecule has 2 aromatic heterocycles. The van der Waals surface area contributed by atoms with Crippen molar-refractivity contribution < 1.29 is 14.3 Å². The van der Waals surface area contributed by atoms with Crippen LogP contribution in [0.3, 0.4) is 0 Å². The molecule has 0 saturated heterocycles. The highest BCUT2D eigenvalue weighted by Crippen LogP contribution is 2.39. The van der Waals surface area contributed by atoms with E-state index in [1.54, 1.807) is 4.68 Å². The van der Waals surface area contributed by atoms with Crippen molar-refractivity contribution in [3.05, 3.63) is 58.8 Å². The molecule has 0 unspecified atom stereocenters. The first-order chi connectivity index (χ1) is 14.0. The number of amides is 1. The summed E-state index contributed by atoms with van der Waals surface area (Å²) in [6.45, 7) is 6.05. The molecule has 0 saturated carbocycles. The van der Waals surface area contributed by atoms with Crippen LogP contribution in [0.1, 0.15) is 27.2 Å². The second-order valence-corrected chi connectivity index (χ2v) is 8.03. The number of aryl methyl sites for hydroxylation is 3. The minimum Gasteiger partial charge on any atom is -0.454 e. The van der Waals surface area contributed by atoms with Crippen LogP contribution < -0.4 is 14.8 Å². The molecular weight excluding hydrogens is 388 g/mol. The summed E-state index contributed by atoms with van der Waals surface area (Å²) < 4.78 is 13.5. The molecule has 1 aliphatic rings. The van der Waals surface area contributed by atoms with E-state index in [-0.39, 0.29) is 12.7 Å². The monoisotopic (exact) mass is 406 g/mol. The number of anilines is 1. The summed E-state index contributed by atoms with van der Waals surface area (Å²) in [7, 11) is 0. The van der Waals surface area contributed by atoms with Gasteiger partial charge in [-0.3, -0.25) is 4.79 Å². The standard InChI is InChI=1S/C21H18N4O3S/c1-11-4-5-14(12(2)6-11)20(26)23-19-7-13(3)24-25(19)21-22-15-8-16-17(28-10-27-16)9-18(15)29-21/h4-9H,10H2,1-3H3,(H,23,26). The largest absolute Gasteiger partial charge is 0.454 e. The quantitative estimate of drug-likeness (QED) is 0.546. The van der Waals surface area contributed by atoms with Crippen LogP contribution in [0.4, 0.5) is 5.82 Å². The average Bonchev–Trinajstić information content (AvgIpc) is 3.36. The second-order valence-electron chi connectivity index (χ2n) is 7.02. The summed E-state index contributed by atoms with van der Waals surface area (Å²) in [4.78, 5) is 17.5. The van der Waals surface area contributed by atoms with E-state index in [0.717, 1.165) is 27.0 Å². The fourth-order valence-electron chi connectivity index (χ4n) is 3.38. The van der Waals surface area contributed by atoms with Gasteiger partial charge in [0.15, 0.2) is 11.5 Å². The maximum absolute atomic E-state index is 12.8. The number of benzene rings is 2. The van der Waals surface area contributed by atoms with Gasteiger partial charge < -0.3 is 14.8 Å². The van der Waals surface area contributed by atoms with E-state index < -0.39 is 0 Å². The Bertz CT molecular complexity index is 1230. The first-order valence-corrected chi connectivity index (χ1v) is 9.95. The summed E-state index contributed by atoms with van der Waals surface area (Å²) in [5.41, 5.74) is 4.27. The molecule has 0 radical (unpaired) electrons. The Balaban J connectivity index is 1.51. The molecule has 8 heteroatoms. The number of thiazole rings is 1. The Morgan fingerprint density at radius 2 is 1.90 bits per heavy atom. The van der Waals surface area contributed by atoms with Gasteiger partial charge in [0.2, 0.25) is 11.9 Å². The van der Waals surface area contributed by atoms with E-state index >= 15 is 0 Å². The lowest BCUT2D eigenvalue weighted by molar-refractivity contribution is 0.102. The van der Waals surface area contributed by atoms with Crippen molar-refractivity contribution in [2.75, 3.05) is 12.1 Å². The summed E-state index contributed by atoms with van der Waals surface area (Å²) in [6, 6.07) is 11.4. The number of rotatable bonds is 3. The van der Waals surface area contributed by atoms with Gasteiger partial charge in [-0.15, -0.1) is 0 Å². The summed E-state index contributed by atoms with van der Waals surface area (Å²) in [5, 5.41) is 8.16. The predicted molar refractivity (Wildman–Crippen MR) is 111 cm³/mol. The molecule has 3 heterocycles. The SMILES string of the molecule is Cc1ccc(C(=O)Nc2cc(C)nn2-c2nc3cc4c(cc3s2)OCO4)c(C)c1. The van der Waals surface area contributed by atoms with E-state index in [2.05, 4.69) is 15.4 Å². The van der Waals surface area contributed by atoms with Crippen LogP contribution in [0.2, 0.25) is 0 Å². The molecule has 0 aliphatic carbocycles. The van der Waals surface area contributed by atoms with Crippen molar-refractivity contribution in [2.24, 2.45) is 0 Å². The van der Waals surface area contributed by atoms with Crippen LogP contribution in [0.5, 0.6) is 11.5 Å². The third kappa shape index (κ3) is 3.11. The highest BCUT2D eigenvalue weighted by Gasteiger charge is 2.20. The van der Waals surface area contributed by atoms with Crippen molar-refractivity contribution in [3.63, 3.8) is 0 Å². The van der Waals surface area contributed by atoms with E-state index in [1.807, 2.05) is 57.2 Å². The van der Waals surface area contributed by atoms with Crippen molar-refractivity contribution in [1.29, 1.82) is 0 Å².